The van der Waals surface area contributed by atoms with Crippen molar-refractivity contribution >= 4 is 28.6 Å². The number of halogens is 2. The number of piperazine rings is 1. The Balaban J connectivity index is 1.33. The van der Waals surface area contributed by atoms with Gasteiger partial charge in [0.2, 0.25) is 0 Å². The summed E-state index contributed by atoms with van der Waals surface area (Å²) in [5.41, 5.74) is 0.0339. The van der Waals surface area contributed by atoms with Gasteiger partial charge >= 0.3 is 11.8 Å². The number of hydrogen-bond acceptors (Lipinski definition) is 4. The molecule has 8 nitrogen and oxygen atoms in total. The molecule has 2 fully saturated rings. The summed E-state index contributed by atoms with van der Waals surface area (Å²) in [6.45, 7) is 1.05. The molecule has 10 heteroatoms. The van der Waals surface area contributed by atoms with Crippen LogP contribution in [0.2, 0.25) is 0 Å². The van der Waals surface area contributed by atoms with Gasteiger partial charge in [-0.3, -0.25) is 14.4 Å². The zero-order valence-electron chi connectivity index (χ0n) is 16.2. The monoisotopic (exact) mass is 420 g/mol. The number of carbonyl (C=O) groups is 3. The van der Waals surface area contributed by atoms with Crippen LogP contribution in [0, 0.1) is 17.0 Å². The number of rotatable bonds is 4. The first kappa shape index (κ1) is 20.3. The van der Waals surface area contributed by atoms with Crippen LogP contribution in [0.5, 0.6) is 0 Å². The minimum absolute atomic E-state index is 0.0213. The minimum atomic E-state index is -0.754. The topological polar surface area (TPSA) is 106 Å². The summed E-state index contributed by atoms with van der Waals surface area (Å²) in [4.78, 5) is 42.7. The lowest BCUT2D eigenvalue weighted by molar-refractivity contribution is -0.146. The lowest BCUT2D eigenvalue weighted by Gasteiger charge is -2.34. The standard InChI is InChI=1S/C20H22F2N4O4/c21-12-7-14(22)13-9-16(24-15(13)8-12)18(29)25-3-5-26(6-4-25)19(30)17(28)23-10-20(11-27)1-2-20/h7-9,24,27H,1-6,10-11H2,(H,23,28). The zero-order chi connectivity index (χ0) is 21.5. The Morgan fingerprint density at radius 3 is 2.37 bits per heavy atom. The second kappa shape index (κ2) is 7.67. The van der Waals surface area contributed by atoms with Crippen molar-refractivity contribution in [2.75, 3.05) is 39.3 Å². The van der Waals surface area contributed by atoms with Gasteiger partial charge in [0.1, 0.15) is 17.3 Å². The van der Waals surface area contributed by atoms with Crippen molar-refractivity contribution in [1.29, 1.82) is 0 Å². The summed E-state index contributed by atoms with van der Waals surface area (Å²) in [5.74, 6) is -3.27. The summed E-state index contributed by atoms with van der Waals surface area (Å²) in [5, 5.41) is 12.0. The predicted molar refractivity (Wildman–Crippen MR) is 102 cm³/mol. The van der Waals surface area contributed by atoms with Crippen LogP contribution in [-0.4, -0.2) is 76.9 Å². The smallest absolute Gasteiger partial charge is 0.312 e. The number of aliphatic hydroxyl groups is 1. The summed E-state index contributed by atoms with van der Waals surface area (Å²) < 4.78 is 27.2. The van der Waals surface area contributed by atoms with Gasteiger partial charge < -0.3 is 25.2 Å². The second-order valence-corrected chi connectivity index (χ2v) is 7.96. The molecule has 1 aromatic heterocycles. The number of H-pyrrole nitrogens is 1. The van der Waals surface area contributed by atoms with Crippen LogP contribution in [0.1, 0.15) is 23.3 Å². The summed E-state index contributed by atoms with van der Waals surface area (Å²) in [7, 11) is 0. The number of aromatic amines is 1. The van der Waals surface area contributed by atoms with Crippen molar-refractivity contribution in [3.8, 4) is 0 Å². The quantitative estimate of drug-likeness (QED) is 0.631. The van der Waals surface area contributed by atoms with Gasteiger partial charge in [-0.15, -0.1) is 0 Å². The van der Waals surface area contributed by atoms with Crippen LogP contribution in [0.15, 0.2) is 18.2 Å². The third-order valence-electron chi connectivity index (χ3n) is 5.85. The average Bonchev–Trinajstić information content (AvgIpc) is 3.41. The first-order valence-corrected chi connectivity index (χ1v) is 9.77. The Hall–Kier alpha value is -3.01. The minimum Gasteiger partial charge on any atom is -0.396 e. The maximum Gasteiger partial charge on any atom is 0.312 e. The van der Waals surface area contributed by atoms with E-state index in [-0.39, 0.29) is 67.2 Å². The van der Waals surface area contributed by atoms with Crippen molar-refractivity contribution in [3.05, 3.63) is 35.5 Å². The van der Waals surface area contributed by atoms with Gasteiger partial charge in [0.05, 0.1) is 12.1 Å². The van der Waals surface area contributed by atoms with Crippen molar-refractivity contribution < 1.29 is 28.3 Å². The van der Waals surface area contributed by atoms with Crippen molar-refractivity contribution in [2.24, 2.45) is 5.41 Å². The summed E-state index contributed by atoms with van der Waals surface area (Å²) in [6.07, 6.45) is 1.64. The Labute approximate surface area is 170 Å². The molecule has 0 radical (unpaired) electrons. The Morgan fingerprint density at radius 1 is 1.07 bits per heavy atom. The molecule has 1 saturated carbocycles. The molecular formula is C20H22F2N4O4. The van der Waals surface area contributed by atoms with Gasteiger partial charge in [0, 0.05) is 49.6 Å². The maximum absolute atomic E-state index is 13.9. The molecule has 2 aliphatic rings. The lowest BCUT2D eigenvalue weighted by Crippen LogP contribution is -2.54. The van der Waals surface area contributed by atoms with Crippen molar-refractivity contribution in [2.45, 2.75) is 12.8 Å². The first-order valence-electron chi connectivity index (χ1n) is 9.77. The van der Waals surface area contributed by atoms with Crippen LogP contribution in [-0.2, 0) is 9.59 Å². The molecule has 3 amide bonds. The third kappa shape index (κ3) is 3.87. The fourth-order valence-corrected chi connectivity index (χ4v) is 3.61. The Morgan fingerprint density at radius 2 is 1.73 bits per heavy atom. The molecule has 30 heavy (non-hydrogen) atoms. The summed E-state index contributed by atoms with van der Waals surface area (Å²) in [6, 6.07) is 3.21. The van der Waals surface area contributed by atoms with E-state index >= 15 is 0 Å². The number of aliphatic hydroxyl groups excluding tert-OH is 1. The molecule has 1 aliphatic carbocycles. The molecule has 1 saturated heterocycles. The Kier molecular flexibility index (Phi) is 5.19. The number of nitrogens with one attached hydrogen (secondary N) is 2. The molecule has 2 heterocycles. The molecule has 4 rings (SSSR count). The molecule has 0 spiro atoms. The molecule has 3 N–H and O–H groups in total. The number of carbonyl (C=O) groups excluding carboxylic acids is 3. The number of aromatic nitrogens is 1. The number of hydrogen-bond donors (Lipinski definition) is 3. The molecule has 0 atom stereocenters. The van der Waals surface area contributed by atoms with E-state index < -0.39 is 23.4 Å². The number of benzene rings is 1. The van der Waals surface area contributed by atoms with Gasteiger partial charge in [-0.1, -0.05) is 0 Å². The highest BCUT2D eigenvalue weighted by atomic mass is 19.1. The zero-order valence-corrected chi connectivity index (χ0v) is 16.2. The van der Waals surface area contributed by atoms with Crippen LogP contribution in [0.25, 0.3) is 10.9 Å². The highest BCUT2D eigenvalue weighted by Gasteiger charge is 2.42. The lowest BCUT2D eigenvalue weighted by atomic mass is 10.1. The molecule has 160 valence electrons. The number of amides is 3. The highest BCUT2D eigenvalue weighted by molar-refractivity contribution is 6.35. The highest BCUT2D eigenvalue weighted by Crippen LogP contribution is 2.44. The van der Waals surface area contributed by atoms with Crippen LogP contribution < -0.4 is 5.32 Å². The van der Waals surface area contributed by atoms with E-state index in [9.17, 15) is 28.3 Å². The van der Waals surface area contributed by atoms with E-state index in [0.29, 0.717) is 0 Å². The third-order valence-corrected chi connectivity index (χ3v) is 5.85. The SMILES string of the molecule is O=C(NCC1(CO)CC1)C(=O)N1CCN(C(=O)c2cc3c(F)cc(F)cc3[nH]2)CC1. The predicted octanol–water partition coefficient (Wildman–Crippen LogP) is 0.619. The second-order valence-electron chi connectivity index (χ2n) is 7.96. The maximum atomic E-state index is 13.9. The summed E-state index contributed by atoms with van der Waals surface area (Å²) >= 11 is 0. The molecular weight excluding hydrogens is 398 g/mol. The van der Waals surface area contributed by atoms with Crippen molar-refractivity contribution in [3.63, 3.8) is 0 Å². The molecule has 1 aliphatic heterocycles. The molecule has 0 unspecified atom stereocenters. The molecule has 1 aromatic carbocycles. The van der Waals surface area contributed by atoms with Gasteiger partial charge in [0.25, 0.3) is 5.91 Å². The van der Waals surface area contributed by atoms with E-state index in [4.69, 9.17) is 0 Å². The number of nitrogens with zero attached hydrogens (tertiary/aromatic N) is 2. The van der Waals surface area contributed by atoms with E-state index in [0.717, 1.165) is 25.0 Å². The van der Waals surface area contributed by atoms with Crippen LogP contribution in [0.4, 0.5) is 8.78 Å². The van der Waals surface area contributed by atoms with E-state index in [1.54, 1.807) is 0 Å². The van der Waals surface area contributed by atoms with Crippen molar-refractivity contribution in [1.82, 2.24) is 20.1 Å². The van der Waals surface area contributed by atoms with E-state index in [1.165, 1.54) is 15.9 Å². The van der Waals surface area contributed by atoms with Gasteiger partial charge in [-0.05, 0) is 25.0 Å². The Bertz CT molecular complexity index is 1010. The van der Waals surface area contributed by atoms with Crippen LogP contribution in [0.3, 0.4) is 0 Å². The normalized spacial score (nSPS) is 17.8. The van der Waals surface area contributed by atoms with Gasteiger partial charge in [-0.25, -0.2) is 8.78 Å². The van der Waals surface area contributed by atoms with Gasteiger partial charge in [0.15, 0.2) is 0 Å². The van der Waals surface area contributed by atoms with E-state index in [2.05, 4.69) is 10.3 Å². The molecule has 2 aromatic rings. The largest absolute Gasteiger partial charge is 0.396 e. The fourth-order valence-electron chi connectivity index (χ4n) is 3.61. The van der Waals surface area contributed by atoms with Crippen LogP contribution >= 0.6 is 0 Å². The molecule has 0 bridgehead atoms. The van der Waals surface area contributed by atoms with E-state index in [1.807, 2.05) is 0 Å². The van der Waals surface area contributed by atoms with Gasteiger partial charge in [-0.2, -0.15) is 0 Å². The number of fused-ring (bicyclic) bond motifs is 1. The average molecular weight is 420 g/mol. The first-order chi connectivity index (χ1) is 14.3. The fraction of sp³-hybridized carbons (Fsp3) is 0.450.